The van der Waals surface area contributed by atoms with Crippen LogP contribution in [-0.4, -0.2) is 37.4 Å². The van der Waals surface area contributed by atoms with Crippen LogP contribution in [0.15, 0.2) is 0 Å². The topological polar surface area (TPSA) is 58.6 Å². The summed E-state index contributed by atoms with van der Waals surface area (Å²) < 4.78 is 5.24. The monoisotopic (exact) mass is 199 g/mol. The molecule has 14 heavy (non-hydrogen) atoms. The Morgan fingerprint density at radius 2 is 2.29 bits per heavy atom. The number of carboxylic acid groups (broad SMARTS) is 1. The average Bonchev–Trinajstić information content (AvgIpc) is 2.13. The lowest BCUT2D eigenvalue weighted by molar-refractivity contribution is -0.200. The minimum absolute atomic E-state index is 0.0775. The van der Waals surface area contributed by atoms with E-state index in [-0.39, 0.29) is 11.3 Å². The van der Waals surface area contributed by atoms with Gasteiger partial charge in [-0.25, -0.2) is 0 Å². The highest BCUT2D eigenvalue weighted by Gasteiger charge is 2.55. The van der Waals surface area contributed by atoms with Crippen molar-refractivity contribution in [1.82, 2.24) is 5.32 Å². The molecule has 2 aliphatic rings. The van der Waals surface area contributed by atoms with Gasteiger partial charge in [-0.3, -0.25) is 4.79 Å². The third kappa shape index (κ3) is 1.25. The largest absolute Gasteiger partial charge is 0.481 e. The first-order valence-electron chi connectivity index (χ1n) is 5.22. The van der Waals surface area contributed by atoms with E-state index in [4.69, 9.17) is 9.84 Å². The van der Waals surface area contributed by atoms with E-state index >= 15 is 0 Å². The Balaban J connectivity index is 2.20. The molecule has 2 unspecified atom stereocenters. The number of nitrogens with one attached hydrogen (secondary N) is 1. The molecule has 0 aromatic rings. The van der Waals surface area contributed by atoms with Crippen LogP contribution in [0.4, 0.5) is 0 Å². The highest BCUT2D eigenvalue weighted by atomic mass is 16.5. The van der Waals surface area contributed by atoms with Gasteiger partial charge in [-0.15, -0.1) is 0 Å². The van der Waals surface area contributed by atoms with Crippen LogP contribution in [0.2, 0.25) is 0 Å². The molecule has 4 nitrogen and oxygen atoms in total. The zero-order valence-corrected chi connectivity index (χ0v) is 8.45. The smallest absolute Gasteiger partial charge is 0.308 e. The summed E-state index contributed by atoms with van der Waals surface area (Å²) in [5.41, 5.74) is -0.0775. The van der Waals surface area contributed by atoms with Gasteiger partial charge in [0.25, 0.3) is 0 Å². The van der Waals surface area contributed by atoms with Gasteiger partial charge < -0.3 is 15.2 Å². The summed E-state index contributed by atoms with van der Waals surface area (Å²) in [7, 11) is 0. The Morgan fingerprint density at radius 1 is 1.57 bits per heavy atom. The number of hydrogen-bond donors (Lipinski definition) is 2. The highest BCUT2D eigenvalue weighted by molar-refractivity contribution is 5.72. The Kier molecular flexibility index (Phi) is 2.49. The van der Waals surface area contributed by atoms with Crippen molar-refractivity contribution >= 4 is 5.97 Å². The number of carbonyl (C=O) groups is 1. The van der Waals surface area contributed by atoms with Crippen LogP contribution in [0.3, 0.4) is 0 Å². The Hall–Kier alpha value is -0.610. The fourth-order valence-electron chi connectivity index (χ4n) is 2.75. The second-order valence-corrected chi connectivity index (χ2v) is 4.38. The maximum atomic E-state index is 11.1. The molecule has 0 aromatic heterocycles. The van der Waals surface area contributed by atoms with E-state index in [0.717, 1.165) is 13.0 Å². The molecule has 0 bridgehead atoms. The van der Waals surface area contributed by atoms with Crippen LogP contribution in [0.25, 0.3) is 0 Å². The summed E-state index contributed by atoms with van der Waals surface area (Å²) in [6, 6.07) is 0. The number of hydrogen-bond acceptors (Lipinski definition) is 3. The third-order valence-corrected chi connectivity index (χ3v) is 3.78. The predicted molar refractivity (Wildman–Crippen MR) is 51.0 cm³/mol. The molecule has 2 fully saturated rings. The van der Waals surface area contributed by atoms with E-state index in [2.05, 4.69) is 12.2 Å². The van der Waals surface area contributed by atoms with Gasteiger partial charge in [0.2, 0.25) is 0 Å². The van der Waals surface area contributed by atoms with Crippen molar-refractivity contribution < 1.29 is 14.6 Å². The van der Waals surface area contributed by atoms with E-state index in [0.29, 0.717) is 25.7 Å². The van der Waals surface area contributed by atoms with Crippen LogP contribution in [0.1, 0.15) is 13.3 Å². The molecule has 2 atom stereocenters. The van der Waals surface area contributed by atoms with E-state index in [9.17, 15) is 4.79 Å². The van der Waals surface area contributed by atoms with Gasteiger partial charge in [0.15, 0.2) is 0 Å². The molecule has 4 heteroatoms. The molecule has 0 aliphatic carbocycles. The molecule has 0 saturated carbocycles. The first-order valence-corrected chi connectivity index (χ1v) is 5.22. The molecule has 2 heterocycles. The van der Waals surface area contributed by atoms with Gasteiger partial charge in [0.1, 0.15) is 0 Å². The van der Waals surface area contributed by atoms with Crippen molar-refractivity contribution in [2.75, 3.05) is 26.3 Å². The van der Waals surface area contributed by atoms with Crippen LogP contribution < -0.4 is 5.32 Å². The molecule has 2 rings (SSSR count). The first-order chi connectivity index (χ1) is 6.70. The van der Waals surface area contributed by atoms with E-state index in [1.807, 2.05) is 0 Å². The molecule has 80 valence electrons. The summed E-state index contributed by atoms with van der Waals surface area (Å²) in [6.07, 6.45) is 1.03. The molecular formula is C10H17NO3. The van der Waals surface area contributed by atoms with Gasteiger partial charge in [-0.2, -0.15) is 0 Å². The molecule has 0 aromatic carbocycles. The zero-order chi connectivity index (χ0) is 10.2. The van der Waals surface area contributed by atoms with Crippen LogP contribution in [-0.2, 0) is 9.53 Å². The quantitative estimate of drug-likeness (QED) is 0.673. The zero-order valence-electron chi connectivity index (χ0n) is 8.45. The number of aliphatic carboxylic acids is 1. The molecular weight excluding hydrogens is 182 g/mol. The normalized spacial score (nSPS) is 35.2. The number of carboxylic acids is 1. The Labute approximate surface area is 83.6 Å². The number of ether oxygens (including phenoxy) is 1. The summed E-state index contributed by atoms with van der Waals surface area (Å²) in [4.78, 5) is 11.1. The fourth-order valence-corrected chi connectivity index (χ4v) is 2.75. The summed E-state index contributed by atoms with van der Waals surface area (Å²) in [5, 5.41) is 12.4. The summed E-state index contributed by atoms with van der Waals surface area (Å²) >= 11 is 0. The SMILES string of the molecule is CCC1CNCC(C(=O)O)C12COC2. The van der Waals surface area contributed by atoms with E-state index < -0.39 is 5.97 Å². The molecule has 0 radical (unpaired) electrons. The molecule has 2 aliphatic heterocycles. The van der Waals surface area contributed by atoms with Crippen LogP contribution >= 0.6 is 0 Å². The maximum Gasteiger partial charge on any atom is 0.308 e. The highest BCUT2D eigenvalue weighted by Crippen LogP contribution is 2.46. The Morgan fingerprint density at radius 3 is 2.71 bits per heavy atom. The third-order valence-electron chi connectivity index (χ3n) is 3.78. The Bertz CT molecular complexity index is 238. The van der Waals surface area contributed by atoms with Gasteiger partial charge in [0, 0.05) is 12.0 Å². The molecule has 2 N–H and O–H groups in total. The van der Waals surface area contributed by atoms with Gasteiger partial charge in [-0.05, 0) is 12.5 Å². The lowest BCUT2D eigenvalue weighted by Gasteiger charge is -2.53. The second-order valence-electron chi connectivity index (χ2n) is 4.38. The second kappa shape index (κ2) is 3.51. The summed E-state index contributed by atoms with van der Waals surface area (Å²) in [5.74, 6) is -0.500. The van der Waals surface area contributed by atoms with Gasteiger partial charge in [0.05, 0.1) is 19.1 Å². The minimum atomic E-state index is -0.682. The van der Waals surface area contributed by atoms with Crippen molar-refractivity contribution in [2.45, 2.75) is 13.3 Å². The molecule has 1 spiro atoms. The predicted octanol–water partition coefficient (Wildman–Crippen LogP) is 0.333. The average molecular weight is 199 g/mol. The van der Waals surface area contributed by atoms with Gasteiger partial charge in [-0.1, -0.05) is 13.3 Å². The number of rotatable bonds is 2. The van der Waals surface area contributed by atoms with Crippen molar-refractivity contribution in [1.29, 1.82) is 0 Å². The maximum absolute atomic E-state index is 11.1. The van der Waals surface area contributed by atoms with Crippen LogP contribution in [0, 0.1) is 17.3 Å². The lowest BCUT2D eigenvalue weighted by atomic mass is 9.62. The van der Waals surface area contributed by atoms with Crippen LogP contribution in [0.5, 0.6) is 0 Å². The number of piperidine rings is 1. The molecule has 0 amide bonds. The van der Waals surface area contributed by atoms with Crippen molar-refractivity contribution in [3.8, 4) is 0 Å². The first kappa shape index (κ1) is 9.93. The standard InChI is InChI=1S/C10H17NO3/c1-2-7-3-11-4-8(9(12)13)10(7)5-14-6-10/h7-8,11H,2-6H2,1H3,(H,12,13). The minimum Gasteiger partial charge on any atom is -0.481 e. The van der Waals surface area contributed by atoms with E-state index in [1.165, 1.54) is 0 Å². The van der Waals surface area contributed by atoms with Gasteiger partial charge >= 0.3 is 5.97 Å². The lowest BCUT2D eigenvalue weighted by Crippen LogP contribution is -2.63. The summed E-state index contributed by atoms with van der Waals surface area (Å²) in [6.45, 7) is 4.91. The van der Waals surface area contributed by atoms with Crippen molar-refractivity contribution in [3.05, 3.63) is 0 Å². The molecule has 2 saturated heterocycles. The van der Waals surface area contributed by atoms with Crippen molar-refractivity contribution in [3.63, 3.8) is 0 Å². The fraction of sp³-hybridized carbons (Fsp3) is 0.900. The van der Waals surface area contributed by atoms with Crippen molar-refractivity contribution in [2.24, 2.45) is 17.3 Å². The van der Waals surface area contributed by atoms with E-state index in [1.54, 1.807) is 0 Å².